The number of hydrogen-bond donors (Lipinski definition) is 1. The minimum absolute atomic E-state index is 0.201. The number of sulfonamides is 1. The molecule has 0 saturated carbocycles. The molecule has 1 heterocycles. The van der Waals surface area contributed by atoms with Crippen LogP contribution in [0.1, 0.15) is 18.4 Å². The molecule has 0 amide bonds. The van der Waals surface area contributed by atoms with E-state index >= 15 is 0 Å². The fourth-order valence-electron chi connectivity index (χ4n) is 2.54. The van der Waals surface area contributed by atoms with Gasteiger partial charge >= 0.3 is 0 Å². The summed E-state index contributed by atoms with van der Waals surface area (Å²) in [5.74, 6) is 0.798. The lowest BCUT2D eigenvalue weighted by atomic mass is 9.74. The van der Waals surface area contributed by atoms with E-state index in [1.165, 1.54) is 6.26 Å². The van der Waals surface area contributed by atoms with Crippen LogP contribution < -0.4 is 9.46 Å². The van der Waals surface area contributed by atoms with Crippen LogP contribution in [0.3, 0.4) is 0 Å². The van der Waals surface area contributed by atoms with E-state index in [0.717, 1.165) is 24.2 Å². The average Bonchev–Trinajstić information content (AvgIpc) is 2.46. The average molecular weight is 299 g/mol. The number of benzene rings is 1. The largest absolute Gasteiger partial charge is 0.497 e. The molecule has 0 spiro atoms. The van der Waals surface area contributed by atoms with E-state index in [1.54, 1.807) is 7.11 Å². The molecule has 1 aliphatic heterocycles. The van der Waals surface area contributed by atoms with Crippen molar-refractivity contribution < 1.29 is 17.9 Å². The second-order valence-corrected chi connectivity index (χ2v) is 7.05. The van der Waals surface area contributed by atoms with Crippen molar-refractivity contribution >= 4 is 10.0 Å². The van der Waals surface area contributed by atoms with Crippen LogP contribution in [0.2, 0.25) is 0 Å². The first-order chi connectivity index (χ1) is 9.45. The van der Waals surface area contributed by atoms with Crippen LogP contribution in [0.25, 0.3) is 0 Å². The zero-order valence-corrected chi connectivity index (χ0v) is 12.7. The van der Waals surface area contributed by atoms with Crippen molar-refractivity contribution in [2.75, 3.05) is 33.1 Å². The summed E-state index contributed by atoms with van der Waals surface area (Å²) < 4.78 is 36.0. The molecule has 1 aromatic carbocycles. The van der Waals surface area contributed by atoms with E-state index in [4.69, 9.17) is 9.47 Å². The van der Waals surface area contributed by atoms with Gasteiger partial charge in [-0.2, -0.15) is 0 Å². The summed E-state index contributed by atoms with van der Waals surface area (Å²) in [5.41, 5.74) is 0.922. The van der Waals surface area contributed by atoms with Crippen molar-refractivity contribution in [1.29, 1.82) is 0 Å². The predicted octanol–water partition coefficient (Wildman–Crippen LogP) is 1.29. The highest BCUT2D eigenvalue weighted by Crippen LogP contribution is 2.35. The molecule has 0 atom stereocenters. The summed E-state index contributed by atoms with van der Waals surface area (Å²) in [6, 6.07) is 7.84. The molecule has 0 bridgehead atoms. The zero-order valence-electron chi connectivity index (χ0n) is 11.9. The Labute approximate surface area is 120 Å². The van der Waals surface area contributed by atoms with Crippen molar-refractivity contribution in [1.82, 2.24) is 4.72 Å². The third-order valence-corrected chi connectivity index (χ3v) is 4.49. The highest BCUT2D eigenvalue weighted by Gasteiger charge is 2.35. The van der Waals surface area contributed by atoms with Crippen molar-refractivity contribution in [2.45, 2.75) is 18.3 Å². The Bertz CT molecular complexity index is 533. The maximum absolute atomic E-state index is 11.4. The van der Waals surface area contributed by atoms with E-state index in [1.807, 2.05) is 24.3 Å². The van der Waals surface area contributed by atoms with Gasteiger partial charge in [0.15, 0.2) is 0 Å². The first kappa shape index (κ1) is 15.3. The first-order valence-corrected chi connectivity index (χ1v) is 8.51. The minimum atomic E-state index is -3.20. The Balaban J connectivity index is 2.25. The molecule has 1 N–H and O–H groups in total. The topological polar surface area (TPSA) is 64.6 Å². The number of nitrogens with one attached hydrogen (secondary N) is 1. The molecular weight excluding hydrogens is 278 g/mol. The second kappa shape index (κ2) is 6.11. The molecule has 0 radical (unpaired) electrons. The summed E-state index contributed by atoms with van der Waals surface area (Å²) in [7, 11) is -1.57. The quantitative estimate of drug-likeness (QED) is 0.890. The standard InChI is InChI=1S/C14H21NO4S/c1-18-13-5-3-12(4-6-13)14(7-9-19-10-8-14)11-15-20(2,16)17/h3-6,15H,7-11H2,1-2H3. The maximum Gasteiger partial charge on any atom is 0.208 e. The van der Waals surface area contributed by atoms with Gasteiger partial charge in [-0.05, 0) is 30.5 Å². The first-order valence-electron chi connectivity index (χ1n) is 6.62. The molecule has 1 saturated heterocycles. The van der Waals surface area contributed by atoms with Gasteiger partial charge in [-0.15, -0.1) is 0 Å². The van der Waals surface area contributed by atoms with Gasteiger partial charge in [-0.25, -0.2) is 13.1 Å². The van der Waals surface area contributed by atoms with Crippen LogP contribution in [0.5, 0.6) is 5.75 Å². The molecule has 2 rings (SSSR count). The highest BCUT2D eigenvalue weighted by atomic mass is 32.2. The van der Waals surface area contributed by atoms with E-state index in [0.29, 0.717) is 19.8 Å². The molecule has 0 unspecified atom stereocenters. The third-order valence-electron chi connectivity index (χ3n) is 3.83. The molecule has 1 aliphatic rings. The summed E-state index contributed by atoms with van der Waals surface area (Å²) in [6.45, 7) is 1.70. The lowest BCUT2D eigenvalue weighted by Crippen LogP contribution is -2.44. The Morgan fingerprint density at radius 3 is 2.35 bits per heavy atom. The summed E-state index contributed by atoms with van der Waals surface area (Å²) in [4.78, 5) is 0. The maximum atomic E-state index is 11.4. The Hall–Kier alpha value is -1.11. The normalized spacial score (nSPS) is 18.7. The molecule has 5 nitrogen and oxygen atoms in total. The second-order valence-electron chi connectivity index (χ2n) is 5.21. The Morgan fingerprint density at radius 2 is 1.85 bits per heavy atom. The van der Waals surface area contributed by atoms with Gasteiger partial charge in [0, 0.05) is 25.2 Å². The van der Waals surface area contributed by atoms with Crippen molar-refractivity contribution in [3.8, 4) is 5.75 Å². The molecule has 1 fully saturated rings. The van der Waals surface area contributed by atoms with Gasteiger partial charge in [0.05, 0.1) is 13.4 Å². The fourth-order valence-corrected chi connectivity index (χ4v) is 3.08. The molecule has 0 aromatic heterocycles. The van der Waals surface area contributed by atoms with Crippen molar-refractivity contribution in [3.05, 3.63) is 29.8 Å². The van der Waals surface area contributed by atoms with Crippen molar-refractivity contribution in [2.24, 2.45) is 0 Å². The van der Waals surface area contributed by atoms with Crippen LogP contribution in [0, 0.1) is 0 Å². The lowest BCUT2D eigenvalue weighted by Gasteiger charge is -2.37. The van der Waals surface area contributed by atoms with Crippen LogP contribution >= 0.6 is 0 Å². The molecule has 6 heteroatoms. The third kappa shape index (κ3) is 3.71. The Morgan fingerprint density at radius 1 is 1.25 bits per heavy atom. The molecule has 20 heavy (non-hydrogen) atoms. The zero-order chi connectivity index (χ0) is 14.6. The SMILES string of the molecule is COc1ccc(C2(CNS(C)(=O)=O)CCOCC2)cc1. The van der Waals surface area contributed by atoms with E-state index < -0.39 is 10.0 Å². The number of hydrogen-bond acceptors (Lipinski definition) is 4. The highest BCUT2D eigenvalue weighted by molar-refractivity contribution is 7.88. The smallest absolute Gasteiger partial charge is 0.208 e. The molecule has 112 valence electrons. The number of ether oxygens (including phenoxy) is 2. The summed E-state index contributed by atoms with van der Waals surface area (Å²) in [6.07, 6.45) is 2.80. The lowest BCUT2D eigenvalue weighted by molar-refractivity contribution is 0.0517. The minimum Gasteiger partial charge on any atom is -0.497 e. The summed E-state index contributed by atoms with van der Waals surface area (Å²) in [5, 5.41) is 0. The van der Waals surface area contributed by atoms with Gasteiger partial charge in [0.2, 0.25) is 10.0 Å². The van der Waals surface area contributed by atoms with E-state index in [2.05, 4.69) is 4.72 Å². The fraction of sp³-hybridized carbons (Fsp3) is 0.571. The van der Waals surface area contributed by atoms with Crippen LogP contribution in [0.4, 0.5) is 0 Å². The predicted molar refractivity (Wildman–Crippen MR) is 77.6 cm³/mol. The van der Waals surface area contributed by atoms with Gasteiger partial charge in [0.25, 0.3) is 0 Å². The molecule has 0 aliphatic carbocycles. The summed E-state index contributed by atoms with van der Waals surface area (Å²) >= 11 is 0. The van der Waals surface area contributed by atoms with Gasteiger partial charge in [-0.3, -0.25) is 0 Å². The number of methoxy groups -OCH3 is 1. The van der Waals surface area contributed by atoms with Crippen LogP contribution in [0.15, 0.2) is 24.3 Å². The molecular formula is C14H21NO4S. The number of rotatable bonds is 5. The van der Waals surface area contributed by atoms with Gasteiger partial charge in [-0.1, -0.05) is 12.1 Å². The van der Waals surface area contributed by atoms with Crippen LogP contribution in [-0.2, 0) is 20.2 Å². The van der Waals surface area contributed by atoms with E-state index in [-0.39, 0.29) is 5.41 Å². The van der Waals surface area contributed by atoms with Gasteiger partial charge < -0.3 is 9.47 Å². The Kier molecular flexibility index (Phi) is 4.67. The van der Waals surface area contributed by atoms with Gasteiger partial charge in [0.1, 0.15) is 5.75 Å². The van der Waals surface area contributed by atoms with Crippen molar-refractivity contribution in [3.63, 3.8) is 0 Å². The monoisotopic (exact) mass is 299 g/mol. The van der Waals surface area contributed by atoms with E-state index in [9.17, 15) is 8.42 Å². The molecule has 1 aromatic rings. The van der Waals surface area contributed by atoms with Crippen LogP contribution in [-0.4, -0.2) is 41.5 Å².